The predicted octanol–water partition coefficient (Wildman–Crippen LogP) is 2.75. The van der Waals surface area contributed by atoms with E-state index in [9.17, 15) is 4.79 Å². The van der Waals surface area contributed by atoms with Crippen molar-refractivity contribution in [3.63, 3.8) is 0 Å². The molecule has 1 rings (SSSR count). The van der Waals surface area contributed by atoms with Crippen LogP contribution in [-0.2, 0) is 4.79 Å². The van der Waals surface area contributed by atoms with Gasteiger partial charge in [-0.2, -0.15) is 0 Å². The zero-order chi connectivity index (χ0) is 11.4. The quantitative estimate of drug-likeness (QED) is 0.916. The van der Waals surface area contributed by atoms with Crippen LogP contribution in [0.4, 0.5) is 5.69 Å². The molecule has 0 aliphatic rings. The van der Waals surface area contributed by atoms with Crippen molar-refractivity contribution >= 4 is 27.6 Å². The lowest BCUT2D eigenvalue weighted by Crippen LogP contribution is -2.30. The van der Waals surface area contributed by atoms with Crippen LogP contribution < -0.4 is 4.90 Å². The standard InChI is InChI=1S/C11H14BrNO2/c1-8(6-11(14)15)13(2)10-5-3-4-9(12)7-10/h3-5,7-8H,6H2,1-2H3,(H,14,15). The first kappa shape index (κ1) is 12.0. The molecule has 0 aliphatic heterocycles. The Labute approximate surface area is 97.8 Å². The number of rotatable bonds is 4. The van der Waals surface area contributed by atoms with Crippen molar-refractivity contribution in [2.24, 2.45) is 0 Å². The first-order chi connectivity index (χ1) is 7.00. The first-order valence-electron chi connectivity index (χ1n) is 4.71. The smallest absolute Gasteiger partial charge is 0.305 e. The molecule has 1 unspecified atom stereocenters. The van der Waals surface area contributed by atoms with Crippen LogP contribution in [0.2, 0.25) is 0 Å². The van der Waals surface area contributed by atoms with Gasteiger partial charge in [0.2, 0.25) is 0 Å². The van der Waals surface area contributed by atoms with Crippen LogP contribution in [0.25, 0.3) is 0 Å². The zero-order valence-electron chi connectivity index (χ0n) is 8.77. The van der Waals surface area contributed by atoms with Gasteiger partial charge in [-0.25, -0.2) is 0 Å². The molecule has 1 aromatic carbocycles. The van der Waals surface area contributed by atoms with Crippen LogP contribution >= 0.6 is 15.9 Å². The highest BCUT2D eigenvalue weighted by molar-refractivity contribution is 9.10. The van der Waals surface area contributed by atoms with Crippen LogP contribution in [0, 0.1) is 0 Å². The van der Waals surface area contributed by atoms with E-state index in [0.29, 0.717) is 0 Å². The van der Waals surface area contributed by atoms with Crippen LogP contribution in [0.5, 0.6) is 0 Å². The van der Waals surface area contributed by atoms with Crippen molar-refractivity contribution < 1.29 is 9.90 Å². The summed E-state index contributed by atoms with van der Waals surface area (Å²) in [6.07, 6.45) is 0.142. The van der Waals surface area contributed by atoms with E-state index in [1.807, 2.05) is 43.1 Å². The lowest BCUT2D eigenvalue weighted by Gasteiger charge is -2.25. The summed E-state index contributed by atoms with van der Waals surface area (Å²) in [6, 6.07) is 7.79. The van der Waals surface area contributed by atoms with E-state index >= 15 is 0 Å². The second-order valence-electron chi connectivity index (χ2n) is 3.54. The second kappa shape index (κ2) is 5.16. The normalized spacial score (nSPS) is 12.2. The summed E-state index contributed by atoms with van der Waals surface area (Å²) in [4.78, 5) is 12.5. The van der Waals surface area contributed by atoms with Crippen molar-refractivity contribution in [1.29, 1.82) is 0 Å². The van der Waals surface area contributed by atoms with E-state index in [4.69, 9.17) is 5.11 Å². The van der Waals surface area contributed by atoms with Crippen molar-refractivity contribution in [2.45, 2.75) is 19.4 Å². The Morgan fingerprint density at radius 1 is 1.60 bits per heavy atom. The Morgan fingerprint density at radius 2 is 2.27 bits per heavy atom. The first-order valence-corrected chi connectivity index (χ1v) is 5.50. The van der Waals surface area contributed by atoms with Crippen LogP contribution in [0.1, 0.15) is 13.3 Å². The number of carboxylic acid groups (broad SMARTS) is 1. The average Bonchev–Trinajstić information content (AvgIpc) is 2.15. The minimum absolute atomic E-state index is 0.0169. The molecule has 0 fully saturated rings. The Hall–Kier alpha value is -1.03. The van der Waals surface area contributed by atoms with Gasteiger partial charge in [-0.15, -0.1) is 0 Å². The topological polar surface area (TPSA) is 40.5 Å². The van der Waals surface area contributed by atoms with Gasteiger partial charge in [-0.3, -0.25) is 4.79 Å². The Morgan fingerprint density at radius 3 is 2.80 bits per heavy atom. The van der Waals surface area contributed by atoms with Crippen molar-refractivity contribution in [2.75, 3.05) is 11.9 Å². The molecule has 0 radical (unpaired) electrons. The molecule has 0 aliphatic carbocycles. The summed E-state index contributed by atoms with van der Waals surface area (Å²) in [6.45, 7) is 1.90. The maximum Gasteiger partial charge on any atom is 0.305 e. The maximum atomic E-state index is 10.6. The number of benzene rings is 1. The van der Waals surface area contributed by atoms with Gasteiger partial charge in [0.05, 0.1) is 6.42 Å². The summed E-state index contributed by atoms with van der Waals surface area (Å²) in [7, 11) is 1.90. The molecule has 0 amide bonds. The molecule has 0 aromatic heterocycles. The molecule has 3 nitrogen and oxygen atoms in total. The molecule has 1 atom stereocenters. The molecule has 4 heteroatoms. The van der Waals surface area contributed by atoms with E-state index in [2.05, 4.69) is 15.9 Å². The van der Waals surface area contributed by atoms with Crippen LogP contribution in [0.15, 0.2) is 28.7 Å². The van der Waals surface area contributed by atoms with E-state index in [1.54, 1.807) is 0 Å². The SMILES string of the molecule is CC(CC(=O)O)N(C)c1cccc(Br)c1. The van der Waals surface area contributed by atoms with Gasteiger partial charge in [-0.05, 0) is 25.1 Å². The van der Waals surface area contributed by atoms with Gasteiger partial charge < -0.3 is 10.0 Å². The number of anilines is 1. The largest absolute Gasteiger partial charge is 0.481 e. The summed E-state index contributed by atoms with van der Waals surface area (Å²) in [5, 5.41) is 8.70. The highest BCUT2D eigenvalue weighted by atomic mass is 79.9. The molecule has 0 bridgehead atoms. The molecule has 82 valence electrons. The molecule has 1 N–H and O–H groups in total. The van der Waals surface area contributed by atoms with Gasteiger partial charge in [0.15, 0.2) is 0 Å². The fraction of sp³-hybridized carbons (Fsp3) is 0.364. The van der Waals surface area contributed by atoms with Gasteiger partial charge in [0, 0.05) is 23.2 Å². The van der Waals surface area contributed by atoms with Gasteiger partial charge in [0.1, 0.15) is 0 Å². The number of nitrogens with zero attached hydrogens (tertiary/aromatic N) is 1. The van der Waals surface area contributed by atoms with Crippen molar-refractivity contribution in [3.8, 4) is 0 Å². The molecule has 0 saturated heterocycles. The molecule has 15 heavy (non-hydrogen) atoms. The minimum atomic E-state index is -0.774. The van der Waals surface area contributed by atoms with Crippen LogP contribution in [-0.4, -0.2) is 24.2 Å². The fourth-order valence-electron chi connectivity index (χ4n) is 1.34. The highest BCUT2D eigenvalue weighted by Crippen LogP contribution is 2.21. The lowest BCUT2D eigenvalue weighted by molar-refractivity contribution is -0.137. The number of hydrogen-bond donors (Lipinski definition) is 1. The van der Waals surface area contributed by atoms with Gasteiger partial charge in [0.25, 0.3) is 0 Å². The number of hydrogen-bond acceptors (Lipinski definition) is 2. The number of carboxylic acids is 1. The Balaban J connectivity index is 2.75. The third-order valence-corrected chi connectivity index (χ3v) is 2.84. The van der Waals surface area contributed by atoms with E-state index in [-0.39, 0.29) is 12.5 Å². The third kappa shape index (κ3) is 3.55. The molecule has 0 saturated carbocycles. The van der Waals surface area contributed by atoms with E-state index < -0.39 is 5.97 Å². The molecular weight excluding hydrogens is 258 g/mol. The Kier molecular flexibility index (Phi) is 4.15. The minimum Gasteiger partial charge on any atom is -0.481 e. The zero-order valence-corrected chi connectivity index (χ0v) is 10.4. The van der Waals surface area contributed by atoms with E-state index in [1.165, 1.54) is 0 Å². The van der Waals surface area contributed by atoms with Crippen molar-refractivity contribution in [3.05, 3.63) is 28.7 Å². The second-order valence-corrected chi connectivity index (χ2v) is 4.45. The monoisotopic (exact) mass is 271 g/mol. The molecule has 0 spiro atoms. The number of carbonyl (C=O) groups is 1. The Bertz CT molecular complexity index is 354. The van der Waals surface area contributed by atoms with Gasteiger partial charge in [-0.1, -0.05) is 22.0 Å². The average molecular weight is 272 g/mol. The molecule has 0 heterocycles. The summed E-state index contributed by atoms with van der Waals surface area (Å²) in [5.41, 5.74) is 1.01. The molecule has 1 aromatic rings. The maximum absolute atomic E-state index is 10.6. The fourth-order valence-corrected chi connectivity index (χ4v) is 1.73. The number of halogens is 1. The predicted molar refractivity (Wildman–Crippen MR) is 64.3 cm³/mol. The summed E-state index contributed by atoms with van der Waals surface area (Å²) >= 11 is 3.39. The summed E-state index contributed by atoms with van der Waals surface area (Å²) in [5.74, 6) is -0.774. The van der Waals surface area contributed by atoms with E-state index in [0.717, 1.165) is 10.2 Å². The third-order valence-electron chi connectivity index (χ3n) is 2.35. The van der Waals surface area contributed by atoms with Crippen LogP contribution in [0.3, 0.4) is 0 Å². The summed E-state index contributed by atoms with van der Waals surface area (Å²) < 4.78 is 0.995. The highest BCUT2D eigenvalue weighted by Gasteiger charge is 2.13. The molecular formula is C11H14BrNO2. The van der Waals surface area contributed by atoms with Crippen molar-refractivity contribution in [1.82, 2.24) is 0 Å². The lowest BCUT2D eigenvalue weighted by atomic mass is 10.2. The number of aliphatic carboxylic acids is 1. The van der Waals surface area contributed by atoms with Gasteiger partial charge >= 0.3 is 5.97 Å².